The molecule has 0 saturated carbocycles. The molecule has 0 aliphatic carbocycles. The molecule has 0 radical (unpaired) electrons. The lowest BCUT2D eigenvalue weighted by molar-refractivity contribution is 0.415. The van der Waals surface area contributed by atoms with Crippen molar-refractivity contribution in [2.75, 3.05) is 13.7 Å². The van der Waals surface area contributed by atoms with E-state index in [1.807, 2.05) is 11.3 Å². The molecule has 1 heterocycles. The topological polar surface area (TPSA) is 21.3 Å². The van der Waals surface area contributed by atoms with Gasteiger partial charge in [-0.15, -0.1) is 11.3 Å². The first-order chi connectivity index (χ1) is 8.80. The maximum Gasteiger partial charge on any atom is 0.120 e. The van der Waals surface area contributed by atoms with Crippen LogP contribution in [0.5, 0.6) is 5.75 Å². The Morgan fingerprint density at radius 1 is 1.28 bits per heavy atom. The quantitative estimate of drug-likeness (QED) is 0.851. The molecule has 2 nitrogen and oxygen atoms in total. The van der Waals surface area contributed by atoms with Gasteiger partial charge < -0.3 is 10.1 Å². The zero-order valence-corrected chi connectivity index (χ0v) is 12.2. The Balaban J connectivity index is 2.44. The second-order valence-electron chi connectivity index (χ2n) is 4.40. The molecule has 1 aromatic heterocycles. The number of hydrogen-bond donors (Lipinski definition) is 1. The van der Waals surface area contributed by atoms with E-state index >= 15 is 0 Å². The Morgan fingerprint density at radius 3 is 2.78 bits per heavy atom. The number of benzene rings is 1. The fourth-order valence-corrected chi connectivity index (χ4v) is 3.46. The van der Waals surface area contributed by atoms with Crippen LogP contribution in [0.4, 0.5) is 0 Å². The minimum atomic E-state index is 0.946. The van der Waals surface area contributed by atoms with Crippen LogP contribution in [0, 0.1) is 0 Å². The molecule has 0 atom stereocenters. The van der Waals surface area contributed by atoms with E-state index in [2.05, 4.69) is 37.4 Å². The molecule has 0 bridgehead atoms. The highest BCUT2D eigenvalue weighted by atomic mass is 32.1. The SMILES string of the molecule is CCCc1c(CNCC)sc2cc(OC)ccc12. The van der Waals surface area contributed by atoms with Crippen LogP contribution in [0.15, 0.2) is 18.2 Å². The van der Waals surface area contributed by atoms with Crippen LogP contribution < -0.4 is 10.1 Å². The predicted molar refractivity (Wildman–Crippen MR) is 79.8 cm³/mol. The molecular weight excluding hydrogens is 242 g/mol. The van der Waals surface area contributed by atoms with E-state index in [1.165, 1.54) is 26.9 Å². The number of aryl methyl sites for hydroxylation is 1. The summed E-state index contributed by atoms with van der Waals surface area (Å²) in [5.74, 6) is 0.946. The predicted octanol–water partition coefficient (Wildman–Crippen LogP) is 3.97. The van der Waals surface area contributed by atoms with Crippen molar-refractivity contribution in [3.63, 3.8) is 0 Å². The summed E-state index contributed by atoms with van der Waals surface area (Å²) >= 11 is 1.89. The fraction of sp³-hybridized carbons (Fsp3) is 0.467. The average Bonchev–Trinajstić information content (AvgIpc) is 2.74. The summed E-state index contributed by atoms with van der Waals surface area (Å²) < 4.78 is 6.64. The Kier molecular flexibility index (Phi) is 4.61. The van der Waals surface area contributed by atoms with Gasteiger partial charge in [-0.2, -0.15) is 0 Å². The number of nitrogens with one attached hydrogen (secondary N) is 1. The minimum absolute atomic E-state index is 0.946. The second kappa shape index (κ2) is 6.21. The van der Waals surface area contributed by atoms with E-state index in [0.29, 0.717) is 0 Å². The van der Waals surface area contributed by atoms with E-state index in [-0.39, 0.29) is 0 Å². The van der Waals surface area contributed by atoms with Gasteiger partial charge in [0.1, 0.15) is 5.75 Å². The lowest BCUT2D eigenvalue weighted by Crippen LogP contribution is -2.11. The highest BCUT2D eigenvalue weighted by Gasteiger charge is 2.11. The molecule has 0 spiro atoms. The van der Waals surface area contributed by atoms with Crippen molar-refractivity contribution in [3.05, 3.63) is 28.6 Å². The Labute approximate surface area is 113 Å². The fourth-order valence-electron chi connectivity index (χ4n) is 2.21. The molecule has 0 amide bonds. The Hall–Kier alpha value is -1.06. The number of ether oxygens (including phenoxy) is 1. The largest absolute Gasteiger partial charge is 0.497 e. The minimum Gasteiger partial charge on any atom is -0.497 e. The van der Waals surface area contributed by atoms with E-state index < -0.39 is 0 Å². The molecule has 2 aromatic rings. The summed E-state index contributed by atoms with van der Waals surface area (Å²) in [4.78, 5) is 1.47. The maximum atomic E-state index is 5.30. The van der Waals surface area contributed by atoms with Crippen LogP contribution in [0.2, 0.25) is 0 Å². The van der Waals surface area contributed by atoms with Crippen molar-refractivity contribution < 1.29 is 4.74 Å². The standard InChI is InChI=1S/C15H21NOS/c1-4-6-12-13-8-7-11(17-3)9-14(13)18-15(12)10-16-5-2/h7-9,16H,4-6,10H2,1-3H3. The van der Waals surface area contributed by atoms with E-state index in [0.717, 1.165) is 25.3 Å². The highest BCUT2D eigenvalue weighted by molar-refractivity contribution is 7.19. The molecule has 1 N–H and O–H groups in total. The van der Waals surface area contributed by atoms with Gasteiger partial charge in [0, 0.05) is 16.1 Å². The normalized spacial score (nSPS) is 11.1. The summed E-state index contributed by atoms with van der Waals surface area (Å²) in [7, 11) is 1.72. The van der Waals surface area contributed by atoms with E-state index in [9.17, 15) is 0 Å². The summed E-state index contributed by atoms with van der Waals surface area (Å²) in [6.07, 6.45) is 2.35. The zero-order valence-electron chi connectivity index (χ0n) is 11.4. The molecule has 2 rings (SSSR count). The monoisotopic (exact) mass is 263 g/mol. The molecule has 0 saturated heterocycles. The van der Waals surface area contributed by atoms with E-state index in [1.54, 1.807) is 7.11 Å². The van der Waals surface area contributed by atoms with Crippen LogP contribution in [0.3, 0.4) is 0 Å². The third-order valence-electron chi connectivity index (χ3n) is 3.12. The van der Waals surface area contributed by atoms with Gasteiger partial charge in [0.05, 0.1) is 7.11 Å². The number of thiophene rings is 1. The van der Waals surface area contributed by atoms with Gasteiger partial charge in [-0.25, -0.2) is 0 Å². The summed E-state index contributed by atoms with van der Waals surface area (Å²) in [5.41, 5.74) is 1.51. The molecule has 0 fully saturated rings. The summed E-state index contributed by atoms with van der Waals surface area (Å²) in [6.45, 7) is 6.39. The van der Waals surface area contributed by atoms with Crippen molar-refractivity contribution in [2.45, 2.75) is 33.2 Å². The summed E-state index contributed by atoms with van der Waals surface area (Å²) in [6, 6.07) is 6.41. The third kappa shape index (κ3) is 2.68. The van der Waals surface area contributed by atoms with Crippen molar-refractivity contribution in [3.8, 4) is 5.75 Å². The van der Waals surface area contributed by atoms with E-state index in [4.69, 9.17) is 4.74 Å². The first-order valence-corrected chi connectivity index (χ1v) is 7.40. The van der Waals surface area contributed by atoms with Gasteiger partial charge in [-0.3, -0.25) is 0 Å². The van der Waals surface area contributed by atoms with Gasteiger partial charge in [0.2, 0.25) is 0 Å². The molecule has 1 aromatic carbocycles. The maximum absolute atomic E-state index is 5.30. The number of fused-ring (bicyclic) bond motifs is 1. The first-order valence-electron chi connectivity index (χ1n) is 6.59. The number of rotatable bonds is 6. The third-order valence-corrected chi connectivity index (χ3v) is 4.31. The van der Waals surface area contributed by atoms with Crippen molar-refractivity contribution >= 4 is 21.4 Å². The second-order valence-corrected chi connectivity index (χ2v) is 5.53. The summed E-state index contributed by atoms with van der Waals surface area (Å²) in [5, 5.41) is 4.83. The Bertz CT molecular complexity index is 518. The van der Waals surface area contributed by atoms with Crippen LogP contribution in [-0.4, -0.2) is 13.7 Å². The zero-order chi connectivity index (χ0) is 13.0. The first kappa shape index (κ1) is 13.4. The van der Waals surface area contributed by atoms with Crippen LogP contribution in [0.25, 0.3) is 10.1 Å². The lowest BCUT2D eigenvalue weighted by atomic mass is 10.1. The van der Waals surface area contributed by atoms with Gasteiger partial charge in [-0.05, 0) is 42.1 Å². The Morgan fingerprint density at radius 2 is 2.11 bits per heavy atom. The molecular formula is C15H21NOS. The molecule has 3 heteroatoms. The molecule has 0 unspecified atom stereocenters. The molecule has 98 valence electrons. The lowest BCUT2D eigenvalue weighted by Gasteiger charge is -2.04. The van der Waals surface area contributed by atoms with Gasteiger partial charge >= 0.3 is 0 Å². The van der Waals surface area contributed by atoms with Crippen molar-refractivity contribution in [2.24, 2.45) is 0 Å². The highest BCUT2D eigenvalue weighted by Crippen LogP contribution is 2.34. The molecule has 0 aliphatic heterocycles. The van der Waals surface area contributed by atoms with Crippen LogP contribution in [-0.2, 0) is 13.0 Å². The van der Waals surface area contributed by atoms with Crippen molar-refractivity contribution in [1.82, 2.24) is 5.32 Å². The van der Waals surface area contributed by atoms with Gasteiger partial charge in [0.15, 0.2) is 0 Å². The molecule has 18 heavy (non-hydrogen) atoms. The number of hydrogen-bond acceptors (Lipinski definition) is 3. The smallest absolute Gasteiger partial charge is 0.120 e. The van der Waals surface area contributed by atoms with Gasteiger partial charge in [0.25, 0.3) is 0 Å². The average molecular weight is 263 g/mol. The van der Waals surface area contributed by atoms with Crippen LogP contribution >= 0.6 is 11.3 Å². The van der Waals surface area contributed by atoms with Crippen LogP contribution in [0.1, 0.15) is 30.7 Å². The number of methoxy groups -OCH3 is 1. The van der Waals surface area contributed by atoms with Gasteiger partial charge in [-0.1, -0.05) is 20.3 Å². The molecule has 0 aliphatic rings. The van der Waals surface area contributed by atoms with Crippen molar-refractivity contribution in [1.29, 1.82) is 0 Å².